The second-order valence-electron chi connectivity index (χ2n) is 6.22. The second kappa shape index (κ2) is 11.7. The Labute approximate surface area is 177 Å². The van der Waals surface area contributed by atoms with Crippen LogP contribution in [0.3, 0.4) is 0 Å². The molecule has 0 spiro atoms. The molecule has 1 aromatic carbocycles. The lowest BCUT2D eigenvalue weighted by Crippen LogP contribution is -2.28. The van der Waals surface area contributed by atoms with Gasteiger partial charge in [-0.05, 0) is 29.8 Å². The van der Waals surface area contributed by atoms with Gasteiger partial charge in [-0.1, -0.05) is 6.07 Å². The second-order valence-corrected chi connectivity index (χ2v) is 6.22. The zero-order valence-electron chi connectivity index (χ0n) is 16.6. The molecular weight excluding hydrogens is 408 g/mol. The number of esters is 1. The third-order valence-electron chi connectivity index (χ3n) is 4.10. The summed E-state index contributed by atoms with van der Waals surface area (Å²) in [5.74, 6) is -1.34. The first kappa shape index (κ1) is 23.1. The van der Waals surface area contributed by atoms with Crippen LogP contribution in [0.1, 0.15) is 18.5 Å². The highest BCUT2D eigenvalue weighted by molar-refractivity contribution is 5.76. The molecule has 162 valence electrons. The van der Waals surface area contributed by atoms with Gasteiger partial charge in [0, 0.05) is 11.8 Å². The van der Waals surface area contributed by atoms with Gasteiger partial charge >= 0.3 is 11.9 Å². The number of rotatable bonds is 12. The summed E-state index contributed by atoms with van der Waals surface area (Å²) in [6.07, 6.45) is 0.0492. The fourth-order valence-corrected chi connectivity index (χ4v) is 2.53. The molecule has 0 saturated carbocycles. The minimum absolute atomic E-state index is 0.0616. The van der Waals surface area contributed by atoms with Crippen molar-refractivity contribution in [2.24, 2.45) is 5.34 Å². The van der Waals surface area contributed by atoms with Gasteiger partial charge in [0.25, 0.3) is 0 Å². The van der Waals surface area contributed by atoms with Crippen LogP contribution in [-0.2, 0) is 19.2 Å². The minimum atomic E-state index is -1.12. The number of anilines is 1. The number of carboxylic acid groups (broad SMARTS) is 1. The van der Waals surface area contributed by atoms with Crippen molar-refractivity contribution in [2.45, 2.75) is 18.9 Å². The minimum Gasteiger partial charge on any atom is -0.495 e. The number of benzene rings is 1. The normalized spacial score (nSPS) is 11.0. The number of aromatic nitrogens is 1. The highest BCUT2D eigenvalue weighted by Crippen LogP contribution is 2.30. The van der Waals surface area contributed by atoms with Crippen LogP contribution in [0.15, 0.2) is 41.9 Å². The Balaban J connectivity index is 2.00. The van der Waals surface area contributed by atoms with Crippen LogP contribution in [0.25, 0.3) is 11.1 Å². The molecule has 2 N–H and O–H groups in total. The van der Waals surface area contributed by atoms with Crippen molar-refractivity contribution < 1.29 is 29.0 Å². The molecule has 0 aliphatic rings. The number of hydrogen-bond acceptors (Lipinski definition) is 10. The van der Waals surface area contributed by atoms with Crippen LogP contribution < -0.4 is 10.1 Å². The molecule has 2 rings (SSSR count). The number of pyridine rings is 1. The van der Waals surface area contributed by atoms with Crippen LogP contribution in [0.2, 0.25) is 0 Å². The number of nitriles is 1. The van der Waals surface area contributed by atoms with Gasteiger partial charge in [-0.3, -0.25) is 9.59 Å². The van der Waals surface area contributed by atoms with Gasteiger partial charge in [-0.2, -0.15) is 5.26 Å². The Morgan fingerprint density at radius 3 is 2.65 bits per heavy atom. The maximum Gasteiger partial charge on any atom is 0.306 e. The molecule has 1 heterocycles. The van der Waals surface area contributed by atoms with Gasteiger partial charge in [-0.15, -0.1) is 4.91 Å². The van der Waals surface area contributed by atoms with E-state index >= 15 is 0 Å². The molecule has 0 bridgehead atoms. The highest BCUT2D eigenvalue weighted by atomic mass is 16.7. The van der Waals surface area contributed by atoms with Gasteiger partial charge in [0.2, 0.25) is 0 Å². The number of nitrogens with one attached hydrogen (secondary N) is 1. The number of nitrogens with zero attached hydrogens (tertiary/aromatic N) is 3. The van der Waals surface area contributed by atoms with Gasteiger partial charge in [-0.25, -0.2) is 4.98 Å². The van der Waals surface area contributed by atoms with Crippen molar-refractivity contribution in [3.63, 3.8) is 0 Å². The predicted octanol–water partition coefficient (Wildman–Crippen LogP) is 2.52. The summed E-state index contributed by atoms with van der Waals surface area (Å²) in [6, 6.07) is 10.7. The Bertz CT molecular complexity index is 957. The molecule has 1 unspecified atom stereocenters. The zero-order valence-corrected chi connectivity index (χ0v) is 16.6. The summed E-state index contributed by atoms with van der Waals surface area (Å²) in [5.41, 5.74) is 2.51. The van der Waals surface area contributed by atoms with Crippen molar-refractivity contribution >= 4 is 17.6 Å². The maximum absolute atomic E-state index is 11.5. The molecule has 11 nitrogen and oxygen atoms in total. The van der Waals surface area contributed by atoms with Crippen LogP contribution in [0.5, 0.6) is 5.75 Å². The molecule has 0 aliphatic carbocycles. The molecule has 31 heavy (non-hydrogen) atoms. The topological polar surface area (TPSA) is 160 Å². The largest absolute Gasteiger partial charge is 0.495 e. The number of ether oxygens (including phenoxy) is 2. The van der Waals surface area contributed by atoms with E-state index in [1.54, 1.807) is 30.5 Å². The quantitative estimate of drug-likeness (QED) is 0.292. The molecule has 1 aromatic heterocycles. The zero-order chi connectivity index (χ0) is 22.6. The molecule has 0 fully saturated rings. The number of methoxy groups -OCH3 is 1. The average Bonchev–Trinajstić information content (AvgIpc) is 2.79. The van der Waals surface area contributed by atoms with E-state index < -0.39 is 18.0 Å². The van der Waals surface area contributed by atoms with E-state index in [9.17, 15) is 14.5 Å². The van der Waals surface area contributed by atoms with E-state index in [4.69, 9.17) is 19.8 Å². The first-order valence-corrected chi connectivity index (χ1v) is 9.11. The van der Waals surface area contributed by atoms with E-state index in [1.165, 1.54) is 7.11 Å². The molecular formula is C20H20N4O7. The third kappa shape index (κ3) is 7.28. The molecule has 0 saturated heterocycles. The first-order valence-electron chi connectivity index (χ1n) is 9.11. The summed E-state index contributed by atoms with van der Waals surface area (Å²) < 4.78 is 10.3. The van der Waals surface area contributed by atoms with Crippen LogP contribution >= 0.6 is 0 Å². The summed E-state index contributed by atoms with van der Waals surface area (Å²) in [4.78, 5) is 41.2. The van der Waals surface area contributed by atoms with Gasteiger partial charge in [0.1, 0.15) is 24.1 Å². The predicted molar refractivity (Wildman–Crippen MR) is 108 cm³/mol. The number of hydrogen-bond donors (Lipinski definition) is 2. The van der Waals surface area contributed by atoms with Gasteiger partial charge in [0.15, 0.2) is 11.4 Å². The number of carbonyl (C=O) groups excluding carboxylic acids is 1. The lowest BCUT2D eigenvalue weighted by Gasteiger charge is -2.17. The molecule has 0 radical (unpaired) electrons. The summed E-state index contributed by atoms with van der Waals surface area (Å²) in [5, 5.41) is 22.8. The van der Waals surface area contributed by atoms with Gasteiger partial charge < -0.3 is 24.7 Å². The molecule has 0 amide bonds. The Morgan fingerprint density at radius 1 is 1.26 bits per heavy atom. The Morgan fingerprint density at radius 2 is 2.03 bits per heavy atom. The van der Waals surface area contributed by atoms with E-state index in [0.717, 1.165) is 11.1 Å². The summed E-state index contributed by atoms with van der Waals surface area (Å²) in [7, 11) is 1.49. The number of aliphatic carboxylic acids is 1. The van der Waals surface area contributed by atoms with E-state index in [-0.39, 0.29) is 26.0 Å². The lowest BCUT2D eigenvalue weighted by molar-refractivity contribution is -0.150. The Hall–Kier alpha value is -4.20. The van der Waals surface area contributed by atoms with Crippen molar-refractivity contribution in [3.05, 3.63) is 47.1 Å². The van der Waals surface area contributed by atoms with Crippen LogP contribution in [0, 0.1) is 16.2 Å². The van der Waals surface area contributed by atoms with E-state index in [0.29, 0.717) is 17.1 Å². The smallest absolute Gasteiger partial charge is 0.306 e. The monoisotopic (exact) mass is 428 g/mol. The summed E-state index contributed by atoms with van der Waals surface area (Å²) >= 11 is 0. The number of carboxylic acids is 1. The summed E-state index contributed by atoms with van der Waals surface area (Å²) in [6.45, 7) is -0.222. The SMILES string of the molecule is COc1cc(-c2ccc(C#N)nc2)ccc1NCC(COC(=O)CCC(=O)O)ON=O. The van der Waals surface area contributed by atoms with Crippen molar-refractivity contribution in [1.82, 2.24) is 4.98 Å². The fourth-order valence-electron chi connectivity index (χ4n) is 2.53. The lowest BCUT2D eigenvalue weighted by atomic mass is 10.1. The van der Waals surface area contributed by atoms with E-state index in [2.05, 4.69) is 20.5 Å². The number of carbonyl (C=O) groups is 2. The van der Waals surface area contributed by atoms with Crippen LogP contribution in [0.4, 0.5) is 5.69 Å². The molecule has 1 atom stereocenters. The molecule has 0 aliphatic heterocycles. The average molecular weight is 428 g/mol. The van der Waals surface area contributed by atoms with E-state index in [1.807, 2.05) is 12.1 Å². The Kier molecular flexibility index (Phi) is 8.72. The standard InChI is InChI=1S/C20H20N4O7/c1-29-18-8-13(14-2-4-15(9-21)22-10-14)3-5-17(18)23-11-16(31-24-28)12-30-20(27)7-6-19(25)26/h2-5,8,10,16,23H,6-7,11-12H2,1H3,(H,25,26). The van der Waals surface area contributed by atoms with Crippen molar-refractivity contribution in [3.8, 4) is 22.9 Å². The van der Waals surface area contributed by atoms with Crippen molar-refractivity contribution in [1.29, 1.82) is 5.26 Å². The maximum atomic E-state index is 11.5. The highest BCUT2D eigenvalue weighted by Gasteiger charge is 2.16. The third-order valence-corrected chi connectivity index (χ3v) is 4.10. The van der Waals surface area contributed by atoms with Crippen LogP contribution in [-0.4, -0.2) is 48.4 Å². The molecule has 2 aromatic rings. The first-order chi connectivity index (χ1) is 15.0. The fraction of sp³-hybridized carbons (Fsp3) is 0.300. The molecule has 11 heteroatoms. The van der Waals surface area contributed by atoms with Crippen molar-refractivity contribution in [2.75, 3.05) is 25.6 Å². The van der Waals surface area contributed by atoms with Gasteiger partial charge in [0.05, 0.1) is 32.2 Å².